The highest BCUT2D eigenvalue weighted by Crippen LogP contribution is 2.28. The SMILES string of the molecule is CCn1cc(CCC(=O)O)c2cc3c(cc21)CNC3. The number of aliphatic carboxylic acids is 1. The van der Waals surface area contributed by atoms with Crippen LogP contribution < -0.4 is 5.32 Å². The van der Waals surface area contributed by atoms with Crippen molar-refractivity contribution in [1.82, 2.24) is 9.88 Å². The van der Waals surface area contributed by atoms with Crippen LogP contribution in [0.1, 0.15) is 30.0 Å². The number of benzene rings is 1. The lowest BCUT2D eigenvalue weighted by atomic mass is 10.0. The average Bonchev–Trinajstić information content (AvgIpc) is 2.97. The summed E-state index contributed by atoms with van der Waals surface area (Å²) in [5, 5.41) is 13.4. The zero-order valence-corrected chi connectivity index (χ0v) is 11.1. The zero-order valence-electron chi connectivity index (χ0n) is 11.1. The minimum atomic E-state index is -0.736. The predicted octanol–water partition coefficient (Wildman–Crippen LogP) is 2.28. The van der Waals surface area contributed by atoms with Gasteiger partial charge in [0.15, 0.2) is 0 Å². The topological polar surface area (TPSA) is 54.3 Å². The van der Waals surface area contributed by atoms with Crippen LogP contribution in [0.4, 0.5) is 0 Å². The monoisotopic (exact) mass is 258 g/mol. The van der Waals surface area contributed by atoms with Crippen molar-refractivity contribution in [2.45, 2.75) is 39.4 Å². The fourth-order valence-corrected chi connectivity index (χ4v) is 2.86. The maximum Gasteiger partial charge on any atom is 0.303 e. The van der Waals surface area contributed by atoms with Crippen LogP contribution in [0.3, 0.4) is 0 Å². The van der Waals surface area contributed by atoms with E-state index in [1.807, 2.05) is 0 Å². The van der Waals surface area contributed by atoms with Crippen LogP contribution in [-0.2, 0) is 30.8 Å². The van der Waals surface area contributed by atoms with Crippen molar-refractivity contribution < 1.29 is 9.90 Å². The molecule has 3 rings (SSSR count). The molecule has 2 heterocycles. The van der Waals surface area contributed by atoms with Gasteiger partial charge in [0.1, 0.15) is 0 Å². The van der Waals surface area contributed by atoms with Crippen molar-refractivity contribution >= 4 is 16.9 Å². The first kappa shape index (κ1) is 12.2. The summed E-state index contributed by atoms with van der Waals surface area (Å²) in [5.74, 6) is -0.736. The van der Waals surface area contributed by atoms with E-state index in [1.54, 1.807) is 0 Å². The van der Waals surface area contributed by atoms with E-state index in [1.165, 1.54) is 22.0 Å². The summed E-state index contributed by atoms with van der Waals surface area (Å²) in [6.07, 6.45) is 2.90. The molecule has 0 unspecified atom stereocenters. The van der Waals surface area contributed by atoms with Crippen LogP contribution in [0, 0.1) is 0 Å². The van der Waals surface area contributed by atoms with Crippen molar-refractivity contribution in [2.75, 3.05) is 0 Å². The Morgan fingerprint density at radius 2 is 2.11 bits per heavy atom. The van der Waals surface area contributed by atoms with E-state index in [0.717, 1.165) is 25.2 Å². The Kier molecular flexibility index (Phi) is 3.03. The largest absolute Gasteiger partial charge is 0.481 e. The molecular formula is C15H18N2O2. The number of carboxylic acids is 1. The van der Waals surface area contributed by atoms with Gasteiger partial charge in [-0.05, 0) is 42.2 Å². The van der Waals surface area contributed by atoms with Gasteiger partial charge in [-0.15, -0.1) is 0 Å². The first-order chi connectivity index (χ1) is 9.19. The van der Waals surface area contributed by atoms with Crippen LogP contribution in [0.5, 0.6) is 0 Å². The molecule has 1 aromatic heterocycles. The fourth-order valence-electron chi connectivity index (χ4n) is 2.86. The predicted molar refractivity (Wildman–Crippen MR) is 74.1 cm³/mol. The molecule has 0 saturated carbocycles. The third-order valence-electron chi connectivity index (χ3n) is 3.86. The van der Waals surface area contributed by atoms with Gasteiger partial charge in [0.25, 0.3) is 0 Å². The molecule has 0 aliphatic carbocycles. The third-order valence-corrected chi connectivity index (χ3v) is 3.86. The van der Waals surface area contributed by atoms with Crippen molar-refractivity contribution in [3.63, 3.8) is 0 Å². The number of nitrogens with one attached hydrogen (secondary N) is 1. The van der Waals surface area contributed by atoms with E-state index in [9.17, 15) is 4.79 Å². The molecule has 1 aliphatic rings. The molecule has 1 aliphatic heterocycles. The highest BCUT2D eigenvalue weighted by molar-refractivity contribution is 5.86. The second-order valence-corrected chi connectivity index (χ2v) is 5.08. The number of hydrogen-bond donors (Lipinski definition) is 2. The summed E-state index contributed by atoms with van der Waals surface area (Å²) < 4.78 is 2.21. The van der Waals surface area contributed by atoms with E-state index < -0.39 is 5.97 Å². The fraction of sp³-hybridized carbons (Fsp3) is 0.400. The maximum atomic E-state index is 10.8. The van der Waals surface area contributed by atoms with Crippen molar-refractivity contribution in [1.29, 1.82) is 0 Å². The van der Waals surface area contributed by atoms with Crippen molar-refractivity contribution in [3.05, 3.63) is 35.0 Å². The first-order valence-corrected chi connectivity index (χ1v) is 6.75. The van der Waals surface area contributed by atoms with E-state index in [2.05, 4.69) is 35.1 Å². The highest BCUT2D eigenvalue weighted by Gasteiger charge is 2.15. The summed E-state index contributed by atoms with van der Waals surface area (Å²) in [4.78, 5) is 10.8. The second kappa shape index (κ2) is 4.70. The molecule has 2 N–H and O–H groups in total. The van der Waals surface area contributed by atoms with E-state index in [4.69, 9.17) is 5.11 Å². The van der Waals surface area contributed by atoms with Gasteiger partial charge in [-0.1, -0.05) is 0 Å². The maximum absolute atomic E-state index is 10.8. The number of aromatic nitrogens is 1. The van der Waals surface area contributed by atoms with Crippen LogP contribution in [-0.4, -0.2) is 15.6 Å². The number of aryl methyl sites for hydroxylation is 2. The summed E-state index contributed by atoms with van der Waals surface area (Å²) in [6, 6.07) is 4.48. The van der Waals surface area contributed by atoms with Gasteiger partial charge in [-0.2, -0.15) is 0 Å². The Morgan fingerprint density at radius 1 is 1.37 bits per heavy atom. The van der Waals surface area contributed by atoms with Crippen LogP contribution in [0.2, 0.25) is 0 Å². The molecule has 4 nitrogen and oxygen atoms in total. The minimum absolute atomic E-state index is 0.193. The molecule has 2 aromatic rings. The Hall–Kier alpha value is -1.81. The lowest BCUT2D eigenvalue weighted by molar-refractivity contribution is -0.136. The number of hydrogen-bond acceptors (Lipinski definition) is 2. The average molecular weight is 258 g/mol. The molecule has 100 valence electrons. The molecule has 1 aromatic carbocycles. The Morgan fingerprint density at radius 3 is 2.79 bits per heavy atom. The summed E-state index contributed by atoms with van der Waals surface area (Å²) in [7, 11) is 0. The molecule has 0 amide bonds. The Bertz CT molecular complexity index is 643. The molecule has 0 fully saturated rings. The molecule has 0 spiro atoms. The molecule has 19 heavy (non-hydrogen) atoms. The third kappa shape index (κ3) is 2.12. The zero-order chi connectivity index (χ0) is 13.4. The lowest BCUT2D eigenvalue weighted by Gasteiger charge is -2.03. The number of nitrogens with zero attached hydrogens (tertiary/aromatic N) is 1. The van der Waals surface area contributed by atoms with Gasteiger partial charge in [0.2, 0.25) is 0 Å². The quantitative estimate of drug-likeness (QED) is 0.884. The number of carbonyl (C=O) groups is 1. The van der Waals surface area contributed by atoms with E-state index in [-0.39, 0.29) is 6.42 Å². The van der Waals surface area contributed by atoms with Crippen molar-refractivity contribution in [3.8, 4) is 0 Å². The molecule has 0 bridgehead atoms. The smallest absolute Gasteiger partial charge is 0.303 e. The van der Waals surface area contributed by atoms with E-state index in [0.29, 0.717) is 6.42 Å². The van der Waals surface area contributed by atoms with Gasteiger partial charge < -0.3 is 15.0 Å². The van der Waals surface area contributed by atoms with Crippen LogP contribution in [0.15, 0.2) is 18.3 Å². The molecule has 0 atom stereocenters. The second-order valence-electron chi connectivity index (χ2n) is 5.08. The van der Waals surface area contributed by atoms with Gasteiger partial charge in [-0.25, -0.2) is 0 Å². The van der Waals surface area contributed by atoms with Crippen LogP contribution in [0.25, 0.3) is 10.9 Å². The number of carboxylic acid groups (broad SMARTS) is 1. The minimum Gasteiger partial charge on any atom is -0.481 e. The van der Waals surface area contributed by atoms with Crippen molar-refractivity contribution in [2.24, 2.45) is 0 Å². The first-order valence-electron chi connectivity index (χ1n) is 6.75. The normalized spacial score (nSPS) is 13.9. The number of rotatable bonds is 4. The Labute approximate surface area is 112 Å². The molecule has 0 radical (unpaired) electrons. The standard InChI is InChI=1S/C15H18N2O2/c1-2-17-9-10(3-4-15(18)19)13-5-11-7-16-8-12(11)6-14(13)17/h5-6,9,16H,2-4,7-8H2,1H3,(H,18,19). The summed E-state index contributed by atoms with van der Waals surface area (Å²) in [5.41, 5.74) is 5.09. The van der Waals surface area contributed by atoms with Gasteiger partial charge in [-0.3, -0.25) is 4.79 Å². The highest BCUT2D eigenvalue weighted by atomic mass is 16.4. The Balaban J connectivity index is 2.09. The molecule has 4 heteroatoms. The summed E-state index contributed by atoms with van der Waals surface area (Å²) in [6.45, 7) is 4.88. The summed E-state index contributed by atoms with van der Waals surface area (Å²) >= 11 is 0. The number of fused-ring (bicyclic) bond motifs is 2. The van der Waals surface area contributed by atoms with Gasteiger partial charge in [0.05, 0.1) is 0 Å². The van der Waals surface area contributed by atoms with Gasteiger partial charge >= 0.3 is 5.97 Å². The van der Waals surface area contributed by atoms with Gasteiger partial charge in [0, 0.05) is 43.2 Å². The van der Waals surface area contributed by atoms with Crippen LogP contribution >= 0.6 is 0 Å². The molecule has 0 saturated heterocycles. The lowest BCUT2D eigenvalue weighted by Crippen LogP contribution is -2.00. The van der Waals surface area contributed by atoms with E-state index >= 15 is 0 Å². The molecular weight excluding hydrogens is 240 g/mol.